The summed E-state index contributed by atoms with van der Waals surface area (Å²) in [5.74, 6) is 0. The molecule has 0 saturated carbocycles. The molecule has 1 unspecified atom stereocenters. The van der Waals surface area contributed by atoms with Crippen LogP contribution < -0.4 is 16.2 Å². The highest BCUT2D eigenvalue weighted by Gasteiger charge is 2.06. The number of nitrogens with one attached hydrogen (secondary N) is 3. The monoisotopic (exact) mass is 262 g/mol. The molecule has 0 bridgehead atoms. The third-order valence-corrected chi connectivity index (χ3v) is 2.48. The van der Waals surface area contributed by atoms with Gasteiger partial charge >= 0.3 is 6.03 Å². The number of benzene rings is 1. The van der Waals surface area contributed by atoms with Crippen LogP contribution in [0.15, 0.2) is 24.3 Å². The van der Waals surface area contributed by atoms with Gasteiger partial charge in [0.05, 0.1) is 17.3 Å². The Labute approximate surface area is 112 Å². The number of urea groups is 1. The first kappa shape index (κ1) is 14.8. The Hall–Kier alpha value is -2.26. The molecule has 1 aromatic rings. The minimum atomic E-state index is -0.354. The second kappa shape index (κ2) is 7.95. The topological polar surface area (TPSA) is 97.2 Å². The number of carbonyl (C=O) groups is 1. The van der Waals surface area contributed by atoms with Gasteiger partial charge in [-0.2, -0.15) is 5.26 Å². The Morgan fingerprint density at radius 3 is 3.00 bits per heavy atom. The molecule has 0 saturated heterocycles. The lowest BCUT2D eigenvalue weighted by Crippen LogP contribution is -2.43. The van der Waals surface area contributed by atoms with Crippen LogP contribution >= 0.6 is 0 Å². The van der Waals surface area contributed by atoms with E-state index in [2.05, 4.69) is 16.2 Å². The Bertz CT molecular complexity index is 456. The molecule has 1 rings (SSSR count). The molecule has 0 aliphatic carbocycles. The van der Waals surface area contributed by atoms with E-state index in [1.807, 2.05) is 13.0 Å². The standard InChI is InChI=1S/C13H18N4O2/c1-10(4-3-7-18)15-13(19)17-16-12-6-2-5-11(8-12)9-14/h2,5-6,8,10,16,18H,3-4,7H2,1H3,(H2,15,17,19). The van der Waals surface area contributed by atoms with Crippen molar-refractivity contribution in [3.8, 4) is 6.07 Å². The Balaban J connectivity index is 2.35. The van der Waals surface area contributed by atoms with Crippen molar-refractivity contribution >= 4 is 11.7 Å². The summed E-state index contributed by atoms with van der Waals surface area (Å²) in [5.41, 5.74) is 6.36. The fraction of sp³-hybridized carbons (Fsp3) is 0.385. The number of aliphatic hydroxyl groups excluding tert-OH is 1. The van der Waals surface area contributed by atoms with Crippen molar-refractivity contribution < 1.29 is 9.90 Å². The van der Waals surface area contributed by atoms with E-state index in [0.717, 1.165) is 0 Å². The zero-order valence-electron chi connectivity index (χ0n) is 10.8. The molecule has 1 aromatic carbocycles. The normalized spacial score (nSPS) is 11.2. The van der Waals surface area contributed by atoms with Gasteiger partial charge in [0.1, 0.15) is 0 Å². The lowest BCUT2D eigenvalue weighted by atomic mass is 10.2. The number of hydrogen-bond donors (Lipinski definition) is 4. The van der Waals surface area contributed by atoms with Gasteiger partial charge in [0.25, 0.3) is 0 Å². The van der Waals surface area contributed by atoms with Gasteiger partial charge in [0.2, 0.25) is 0 Å². The molecule has 0 heterocycles. The lowest BCUT2D eigenvalue weighted by molar-refractivity contribution is 0.236. The third-order valence-electron chi connectivity index (χ3n) is 2.48. The van der Waals surface area contributed by atoms with Gasteiger partial charge in [0, 0.05) is 12.6 Å². The van der Waals surface area contributed by atoms with E-state index in [0.29, 0.717) is 24.1 Å². The van der Waals surface area contributed by atoms with Crippen LogP contribution in [0, 0.1) is 11.3 Å². The molecule has 0 aliphatic rings. The quantitative estimate of drug-likeness (QED) is 0.582. The second-order valence-electron chi connectivity index (χ2n) is 4.18. The summed E-state index contributed by atoms with van der Waals surface area (Å²) in [4.78, 5) is 11.5. The summed E-state index contributed by atoms with van der Waals surface area (Å²) in [6.45, 7) is 1.98. The molecule has 6 heteroatoms. The number of carbonyl (C=O) groups excluding carboxylic acids is 1. The lowest BCUT2D eigenvalue weighted by Gasteiger charge is -2.15. The fourth-order valence-corrected chi connectivity index (χ4v) is 1.52. The zero-order valence-corrected chi connectivity index (χ0v) is 10.8. The highest BCUT2D eigenvalue weighted by molar-refractivity contribution is 5.75. The summed E-state index contributed by atoms with van der Waals surface area (Å²) in [7, 11) is 0. The first-order valence-corrected chi connectivity index (χ1v) is 6.09. The van der Waals surface area contributed by atoms with Gasteiger partial charge in [0.15, 0.2) is 0 Å². The smallest absolute Gasteiger partial charge is 0.333 e. The van der Waals surface area contributed by atoms with E-state index >= 15 is 0 Å². The molecule has 0 fully saturated rings. The molecule has 1 atom stereocenters. The molecule has 0 spiro atoms. The number of amides is 2. The summed E-state index contributed by atoms with van der Waals surface area (Å²) >= 11 is 0. The van der Waals surface area contributed by atoms with Crippen LogP contribution in [-0.2, 0) is 0 Å². The fourth-order valence-electron chi connectivity index (χ4n) is 1.52. The van der Waals surface area contributed by atoms with Crippen molar-refractivity contribution in [1.82, 2.24) is 10.7 Å². The van der Waals surface area contributed by atoms with Crippen LogP contribution in [0.3, 0.4) is 0 Å². The molecule has 19 heavy (non-hydrogen) atoms. The number of anilines is 1. The summed E-state index contributed by atoms with van der Waals surface area (Å²) in [5, 5.41) is 20.2. The maximum atomic E-state index is 11.5. The SMILES string of the molecule is CC(CCCO)NC(=O)NNc1cccc(C#N)c1. The Morgan fingerprint density at radius 2 is 2.32 bits per heavy atom. The summed E-state index contributed by atoms with van der Waals surface area (Å²) in [6.07, 6.45) is 1.37. The van der Waals surface area contributed by atoms with Crippen LogP contribution in [0.4, 0.5) is 10.5 Å². The number of nitrogens with zero attached hydrogens (tertiary/aromatic N) is 1. The van der Waals surface area contributed by atoms with E-state index in [-0.39, 0.29) is 18.7 Å². The first-order chi connectivity index (χ1) is 9.15. The molecule has 0 aromatic heterocycles. The van der Waals surface area contributed by atoms with E-state index in [9.17, 15) is 4.79 Å². The molecule has 6 nitrogen and oxygen atoms in total. The van der Waals surface area contributed by atoms with Gasteiger partial charge in [-0.25, -0.2) is 4.79 Å². The first-order valence-electron chi connectivity index (χ1n) is 6.09. The average Bonchev–Trinajstić information content (AvgIpc) is 2.43. The van der Waals surface area contributed by atoms with Crippen LogP contribution in [0.5, 0.6) is 0 Å². The van der Waals surface area contributed by atoms with E-state index in [4.69, 9.17) is 10.4 Å². The summed E-state index contributed by atoms with van der Waals surface area (Å²) in [6, 6.07) is 8.44. The molecule has 0 radical (unpaired) electrons. The minimum absolute atomic E-state index is 0.0145. The van der Waals surface area contributed by atoms with E-state index in [1.54, 1.807) is 24.3 Å². The van der Waals surface area contributed by atoms with Crippen LogP contribution in [0.2, 0.25) is 0 Å². The van der Waals surface area contributed by atoms with Crippen molar-refractivity contribution in [2.24, 2.45) is 0 Å². The third kappa shape index (κ3) is 5.75. The van der Waals surface area contributed by atoms with Crippen LogP contribution in [-0.4, -0.2) is 23.8 Å². The van der Waals surface area contributed by atoms with Crippen molar-refractivity contribution in [3.63, 3.8) is 0 Å². The molecule has 2 amide bonds. The number of aliphatic hydroxyl groups is 1. The van der Waals surface area contributed by atoms with Crippen molar-refractivity contribution in [3.05, 3.63) is 29.8 Å². The molecule has 0 aliphatic heterocycles. The Morgan fingerprint density at radius 1 is 1.53 bits per heavy atom. The van der Waals surface area contributed by atoms with Gasteiger partial charge in [-0.3, -0.25) is 10.9 Å². The van der Waals surface area contributed by atoms with Crippen LogP contribution in [0.25, 0.3) is 0 Å². The largest absolute Gasteiger partial charge is 0.396 e. The number of rotatable bonds is 6. The Kier molecular flexibility index (Phi) is 6.19. The number of nitriles is 1. The molecule has 4 N–H and O–H groups in total. The van der Waals surface area contributed by atoms with Crippen molar-refractivity contribution in [2.75, 3.05) is 12.0 Å². The molecular weight excluding hydrogens is 244 g/mol. The van der Waals surface area contributed by atoms with E-state index in [1.165, 1.54) is 0 Å². The van der Waals surface area contributed by atoms with Gasteiger partial charge in [-0.1, -0.05) is 6.07 Å². The highest BCUT2D eigenvalue weighted by atomic mass is 16.3. The number of hydrogen-bond acceptors (Lipinski definition) is 4. The molecular formula is C13H18N4O2. The predicted octanol–water partition coefficient (Wildman–Crippen LogP) is 1.35. The highest BCUT2D eigenvalue weighted by Crippen LogP contribution is 2.08. The van der Waals surface area contributed by atoms with Gasteiger partial charge in [-0.15, -0.1) is 0 Å². The molecule has 102 valence electrons. The summed E-state index contributed by atoms with van der Waals surface area (Å²) < 4.78 is 0. The second-order valence-corrected chi connectivity index (χ2v) is 4.18. The number of hydrazine groups is 1. The maximum Gasteiger partial charge on any atom is 0.333 e. The van der Waals surface area contributed by atoms with Crippen molar-refractivity contribution in [1.29, 1.82) is 5.26 Å². The zero-order chi connectivity index (χ0) is 14.1. The maximum absolute atomic E-state index is 11.5. The predicted molar refractivity (Wildman–Crippen MR) is 72.2 cm³/mol. The average molecular weight is 262 g/mol. The van der Waals surface area contributed by atoms with Crippen LogP contribution in [0.1, 0.15) is 25.3 Å². The van der Waals surface area contributed by atoms with Crippen molar-refractivity contribution in [2.45, 2.75) is 25.8 Å². The van der Waals surface area contributed by atoms with Gasteiger partial charge < -0.3 is 10.4 Å². The van der Waals surface area contributed by atoms with E-state index < -0.39 is 0 Å². The minimum Gasteiger partial charge on any atom is -0.396 e. The van der Waals surface area contributed by atoms with Gasteiger partial charge in [-0.05, 0) is 38.0 Å².